The molecule has 0 saturated carbocycles. The second-order valence-electron chi connectivity index (χ2n) is 4.68. The number of H-pyrrole nitrogens is 2. The number of aromatic carboxylic acids is 2. The van der Waals surface area contributed by atoms with E-state index in [1.807, 2.05) is 9.97 Å². The zero-order valence-electron chi connectivity index (χ0n) is 12.2. The van der Waals surface area contributed by atoms with Gasteiger partial charge in [0, 0.05) is 12.1 Å². The van der Waals surface area contributed by atoms with Crippen molar-refractivity contribution >= 4 is 24.1 Å². The monoisotopic (exact) mass is 346 g/mol. The molecule has 6 N–H and O–H groups in total. The first kappa shape index (κ1) is 17.3. The Balaban J connectivity index is 2.62. The van der Waals surface area contributed by atoms with Crippen LogP contribution in [0, 0.1) is 0 Å². The topological polar surface area (TPSA) is 181 Å². The van der Waals surface area contributed by atoms with Gasteiger partial charge in [0.25, 0.3) is 11.1 Å². The molecule has 10 nitrogen and oxygen atoms in total. The number of carboxylic acid groups (broad SMARTS) is 2. The number of aromatic nitrogens is 2. The van der Waals surface area contributed by atoms with E-state index in [0.717, 1.165) is 24.3 Å². The first-order chi connectivity index (χ1) is 11.7. The Labute approximate surface area is 137 Å². The van der Waals surface area contributed by atoms with E-state index in [0.29, 0.717) is 0 Å². The second-order valence-corrected chi connectivity index (χ2v) is 4.68. The van der Waals surface area contributed by atoms with Crippen LogP contribution in [0.2, 0.25) is 0 Å². The second kappa shape index (κ2) is 6.60. The summed E-state index contributed by atoms with van der Waals surface area (Å²) in [5, 5.41) is 37.4. The van der Waals surface area contributed by atoms with Crippen molar-refractivity contribution in [3.8, 4) is 11.8 Å². The van der Waals surface area contributed by atoms with Crippen molar-refractivity contribution < 1.29 is 30.0 Å². The van der Waals surface area contributed by atoms with Crippen molar-refractivity contribution in [1.82, 2.24) is 9.97 Å². The molecule has 2 heterocycles. The third-order valence-electron chi connectivity index (χ3n) is 3.04. The number of carboxylic acids is 2. The van der Waals surface area contributed by atoms with E-state index in [1.54, 1.807) is 0 Å². The van der Waals surface area contributed by atoms with Gasteiger partial charge in [-0.15, -0.1) is 5.73 Å². The largest absolute Gasteiger partial charge is 0.494 e. The highest BCUT2D eigenvalue weighted by Gasteiger charge is 2.15. The van der Waals surface area contributed by atoms with E-state index >= 15 is 0 Å². The van der Waals surface area contributed by atoms with Crippen LogP contribution < -0.4 is 11.1 Å². The lowest BCUT2D eigenvalue weighted by atomic mass is 10.1. The van der Waals surface area contributed by atoms with Crippen LogP contribution >= 0.6 is 0 Å². The van der Waals surface area contributed by atoms with Crippen LogP contribution in [0.15, 0.2) is 27.5 Å². The number of aromatic hydroxyl groups is 2. The van der Waals surface area contributed by atoms with E-state index < -0.39 is 45.9 Å². The molecule has 0 aliphatic carbocycles. The average molecular weight is 346 g/mol. The predicted octanol–water partition coefficient (Wildman–Crippen LogP) is 0.196. The maximum Gasteiger partial charge on any atom is 0.336 e. The minimum absolute atomic E-state index is 0.288. The van der Waals surface area contributed by atoms with E-state index in [4.69, 9.17) is 10.2 Å². The molecule has 0 bridgehead atoms. The smallest absolute Gasteiger partial charge is 0.336 e. The van der Waals surface area contributed by atoms with Gasteiger partial charge in [-0.05, 0) is 12.2 Å². The predicted molar refractivity (Wildman–Crippen MR) is 83.8 cm³/mol. The fourth-order valence-electron chi connectivity index (χ4n) is 1.97. The Morgan fingerprint density at radius 1 is 0.840 bits per heavy atom. The zero-order valence-corrected chi connectivity index (χ0v) is 12.2. The number of carbonyl (C=O) groups is 2. The van der Waals surface area contributed by atoms with Crippen LogP contribution in [-0.2, 0) is 0 Å². The van der Waals surface area contributed by atoms with Crippen molar-refractivity contribution in [3.05, 3.63) is 60.8 Å². The van der Waals surface area contributed by atoms with Crippen LogP contribution in [0.25, 0.3) is 12.2 Å². The van der Waals surface area contributed by atoms with Crippen molar-refractivity contribution in [1.29, 1.82) is 0 Å². The van der Waals surface area contributed by atoms with Gasteiger partial charge in [-0.1, -0.05) is 0 Å². The van der Waals surface area contributed by atoms with Crippen molar-refractivity contribution in [2.75, 3.05) is 0 Å². The Hall–Kier alpha value is -4.04. The van der Waals surface area contributed by atoms with Crippen LogP contribution in [0.5, 0.6) is 11.8 Å². The summed E-state index contributed by atoms with van der Waals surface area (Å²) in [5.41, 5.74) is -0.866. The number of nitrogens with one attached hydrogen (secondary N) is 2. The third-order valence-corrected chi connectivity index (χ3v) is 3.04. The molecule has 0 fully saturated rings. The van der Waals surface area contributed by atoms with Gasteiger partial charge >= 0.3 is 11.9 Å². The lowest BCUT2D eigenvalue weighted by molar-refractivity contribution is 0.0685. The average Bonchev–Trinajstić information content (AvgIpc) is 2.49. The zero-order chi connectivity index (χ0) is 18.7. The molecule has 0 aliphatic rings. The lowest BCUT2D eigenvalue weighted by Gasteiger charge is -2.03. The molecule has 25 heavy (non-hydrogen) atoms. The molecule has 0 amide bonds. The maximum atomic E-state index is 11.2. The Kier molecular flexibility index (Phi) is 4.57. The minimum atomic E-state index is -1.48. The fraction of sp³-hybridized carbons (Fsp3) is 0. The summed E-state index contributed by atoms with van der Waals surface area (Å²) in [4.78, 5) is 48.6. The van der Waals surface area contributed by atoms with Crippen LogP contribution in [-0.4, -0.2) is 42.3 Å². The summed E-state index contributed by atoms with van der Waals surface area (Å²) >= 11 is 0. The van der Waals surface area contributed by atoms with E-state index in [9.17, 15) is 29.4 Å². The highest BCUT2D eigenvalue weighted by molar-refractivity contribution is 5.94. The normalized spacial score (nSPS) is 9.92. The summed E-state index contributed by atoms with van der Waals surface area (Å²) in [6.07, 6.45) is 1.93. The fourth-order valence-corrected chi connectivity index (χ4v) is 1.97. The highest BCUT2D eigenvalue weighted by atomic mass is 16.4. The van der Waals surface area contributed by atoms with Gasteiger partial charge in [0.05, 0.1) is 22.3 Å². The minimum Gasteiger partial charge on any atom is -0.494 e. The molecule has 2 rings (SSSR count). The molecule has 0 radical (unpaired) electrons. The molecule has 0 unspecified atom stereocenters. The first-order valence-corrected chi connectivity index (χ1v) is 6.52. The van der Waals surface area contributed by atoms with Crippen LogP contribution in [0.4, 0.5) is 0 Å². The van der Waals surface area contributed by atoms with E-state index in [2.05, 4.69) is 5.73 Å². The Morgan fingerprint density at radius 3 is 1.52 bits per heavy atom. The molecule has 2 aromatic heterocycles. The summed E-state index contributed by atoms with van der Waals surface area (Å²) < 4.78 is 0. The standard InChI is InChI=1S/C15H10N2O8/c18-10-4-8(14(22)23)6(12(20)16-10)2-1-3-7-9(15(24)25)5-11(19)17-13(7)21/h2-5H,(H,22,23)(H,24,25)(H2,16,18,20)(H2,17,19,21). The van der Waals surface area contributed by atoms with E-state index in [-0.39, 0.29) is 11.1 Å². The summed E-state index contributed by atoms with van der Waals surface area (Å²) in [7, 11) is 0. The molecule has 0 saturated heterocycles. The van der Waals surface area contributed by atoms with Gasteiger partial charge in [0.15, 0.2) is 11.8 Å². The van der Waals surface area contributed by atoms with Gasteiger partial charge in [0.2, 0.25) is 0 Å². The number of hydrogen-bond acceptors (Lipinski definition) is 6. The summed E-state index contributed by atoms with van der Waals surface area (Å²) in [6.45, 7) is 0. The molecule has 0 aliphatic heterocycles. The van der Waals surface area contributed by atoms with Crippen LogP contribution in [0.1, 0.15) is 31.8 Å². The third kappa shape index (κ3) is 3.66. The number of rotatable bonds is 4. The van der Waals surface area contributed by atoms with Gasteiger partial charge in [0.1, 0.15) is 0 Å². The van der Waals surface area contributed by atoms with Gasteiger partial charge < -0.3 is 20.4 Å². The van der Waals surface area contributed by atoms with Crippen molar-refractivity contribution in [2.24, 2.45) is 0 Å². The van der Waals surface area contributed by atoms with Gasteiger partial charge in [-0.2, -0.15) is 0 Å². The highest BCUT2D eigenvalue weighted by Crippen LogP contribution is 2.20. The lowest BCUT2D eigenvalue weighted by Crippen LogP contribution is -2.11. The number of pyridine rings is 2. The van der Waals surface area contributed by atoms with Crippen molar-refractivity contribution in [2.45, 2.75) is 0 Å². The number of aromatic amines is 2. The first-order valence-electron chi connectivity index (χ1n) is 6.52. The summed E-state index contributed by atoms with van der Waals surface area (Å²) in [6, 6.07) is 1.49. The molecular weight excluding hydrogens is 336 g/mol. The Morgan fingerprint density at radius 2 is 1.20 bits per heavy atom. The molecular formula is C15H10N2O8. The molecule has 0 atom stereocenters. The van der Waals surface area contributed by atoms with Gasteiger partial charge in [-0.3, -0.25) is 19.6 Å². The molecule has 128 valence electrons. The van der Waals surface area contributed by atoms with E-state index in [1.165, 1.54) is 0 Å². The molecule has 2 aromatic rings. The molecule has 10 heteroatoms. The van der Waals surface area contributed by atoms with Crippen LogP contribution in [0.3, 0.4) is 0 Å². The van der Waals surface area contributed by atoms with Crippen molar-refractivity contribution in [3.63, 3.8) is 0 Å². The summed E-state index contributed by atoms with van der Waals surface area (Å²) in [5.74, 6) is -4.41. The molecule has 0 spiro atoms. The Bertz CT molecular complexity index is 973. The quantitative estimate of drug-likeness (QED) is 0.424. The maximum absolute atomic E-state index is 11.2. The number of hydrogen-bond donors (Lipinski definition) is 6. The SMILES string of the molecule is O=C(O)c1cc(=O)[nH]c(O)c1C=C=Cc1c(C(=O)O)cc(=O)[nH]c1O. The van der Waals surface area contributed by atoms with Gasteiger partial charge in [-0.25, -0.2) is 9.59 Å². The molecule has 0 aromatic carbocycles.